The number of ether oxygens (including phenoxy) is 1. The molecule has 7 heteroatoms. The molecule has 1 amide bonds. The quantitative estimate of drug-likeness (QED) is 0.521. The highest BCUT2D eigenvalue weighted by Crippen LogP contribution is 2.33. The van der Waals surface area contributed by atoms with Gasteiger partial charge in [-0.05, 0) is 51.0 Å². The minimum Gasteiger partial charge on any atom is -0.483 e. The normalized spacial score (nSPS) is 10.9. The number of benzene rings is 3. The van der Waals surface area contributed by atoms with Gasteiger partial charge in [-0.3, -0.25) is 9.59 Å². The van der Waals surface area contributed by atoms with E-state index in [9.17, 15) is 9.59 Å². The number of hydrogen-bond donors (Lipinski definition) is 2. The predicted octanol–water partition coefficient (Wildman–Crippen LogP) is 3.86. The van der Waals surface area contributed by atoms with Crippen molar-refractivity contribution in [1.29, 1.82) is 0 Å². The summed E-state index contributed by atoms with van der Waals surface area (Å²) < 4.78 is 6.45. The van der Waals surface area contributed by atoms with E-state index in [4.69, 9.17) is 4.74 Å². The van der Waals surface area contributed by atoms with Gasteiger partial charge < -0.3 is 15.0 Å². The van der Waals surface area contributed by atoms with Crippen molar-refractivity contribution in [1.82, 2.24) is 9.97 Å². The maximum absolute atomic E-state index is 12.2. The Bertz CT molecular complexity index is 1220. The van der Waals surface area contributed by atoms with Crippen LogP contribution >= 0.6 is 15.9 Å². The van der Waals surface area contributed by atoms with Crippen LogP contribution in [0.15, 0.2) is 70.2 Å². The van der Waals surface area contributed by atoms with Gasteiger partial charge in [0.25, 0.3) is 11.5 Å². The molecule has 4 rings (SSSR count). The number of rotatable bonds is 4. The summed E-state index contributed by atoms with van der Waals surface area (Å²) >= 11 is 3.53. The van der Waals surface area contributed by atoms with Crippen LogP contribution in [0.4, 0.5) is 5.69 Å². The summed E-state index contributed by atoms with van der Waals surface area (Å²) in [6, 6.07) is 16.6. The number of amides is 1. The van der Waals surface area contributed by atoms with Gasteiger partial charge in [0.2, 0.25) is 0 Å². The standard InChI is InChI=1S/C20H14BrN3O3/c21-19-14-4-2-1-3-12(14)5-8-17(19)27-10-18(25)24-13-6-7-16-15(9-13)20(26)23-11-22-16/h1-9,11H,10H2,(H,24,25)(H,22,23,26). The minimum atomic E-state index is -0.324. The van der Waals surface area contributed by atoms with Crippen molar-refractivity contribution in [2.45, 2.75) is 0 Å². The van der Waals surface area contributed by atoms with Crippen LogP contribution in [0.3, 0.4) is 0 Å². The van der Waals surface area contributed by atoms with Crippen LogP contribution in [-0.2, 0) is 4.79 Å². The molecule has 0 aliphatic rings. The lowest BCUT2D eigenvalue weighted by Crippen LogP contribution is -2.20. The van der Waals surface area contributed by atoms with Crippen molar-refractivity contribution in [3.63, 3.8) is 0 Å². The molecule has 0 saturated carbocycles. The zero-order valence-electron chi connectivity index (χ0n) is 14.0. The van der Waals surface area contributed by atoms with Gasteiger partial charge in [0.05, 0.1) is 21.7 Å². The topological polar surface area (TPSA) is 84.1 Å². The maximum Gasteiger partial charge on any atom is 0.262 e. The van der Waals surface area contributed by atoms with E-state index >= 15 is 0 Å². The number of hydrogen-bond acceptors (Lipinski definition) is 4. The Morgan fingerprint density at radius 2 is 1.96 bits per heavy atom. The summed E-state index contributed by atoms with van der Waals surface area (Å²) in [5.41, 5.74) is 0.813. The van der Waals surface area contributed by atoms with E-state index in [2.05, 4.69) is 31.2 Å². The van der Waals surface area contributed by atoms with Gasteiger partial charge in [-0.15, -0.1) is 0 Å². The minimum absolute atomic E-state index is 0.154. The molecule has 27 heavy (non-hydrogen) atoms. The van der Waals surface area contributed by atoms with Crippen LogP contribution in [0, 0.1) is 0 Å². The third-order valence-corrected chi connectivity index (χ3v) is 4.93. The van der Waals surface area contributed by atoms with Gasteiger partial charge in [-0.25, -0.2) is 4.98 Å². The number of carbonyl (C=O) groups excluding carboxylic acids is 1. The number of aromatic nitrogens is 2. The number of carbonyl (C=O) groups is 1. The van der Waals surface area contributed by atoms with Crippen molar-refractivity contribution < 1.29 is 9.53 Å². The second kappa shape index (κ2) is 7.20. The summed E-state index contributed by atoms with van der Waals surface area (Å²) in [6.45, 7) is -0.154. The van der Waals surface area contributed by atoms with Crippen molar-refractivity contribution in [2.24, 2.45) is 0 Å². The van der Waals surface area contributed by atoms with Gasteiger partial charge in [0, 0.05) is 5.69 Å². The molecular weight excluding hydrogens is 410 g/mol. The number of nitrogens with zero attached hydrogens (tertiary/aromatic N) is 1. The van der Waals surface area contributed by atoms with Crippen LogP contribution in [0.25, 0.3) is 21.7 Å². The van der Waals surface area contributed by atoms with Crippen molar-refractivity contribution >= 4 is 49.2 Å². The molecule has 0 radical (unpaired) electrons. The Morgan fingerprint density at radius 3 is 2.85 bits per heavy atom. The molecule has 134 valence electrons. The van der Waals surface area contributed by atoms with Gasteiger partial charge >= 0.3 is 0 Å². The highest BCUT2D eigenvalue weighted by molar-refractivity contribution is 9.10. The fourth-order valence-corrected chi connectivity index (χ4v) is 3.42. The van der Waals surface area contributed by atoms with E-state index in [1.54, 1.807) is 18.2 Å². The largest absolute Gasteiger partial charge is 0.483 e. The van der Waals surface area contributed by atoms with Crippen LogP contribution in [0.1, 0.15) is 0 Å². The summed E-state index contributed by atoms with van der Waals surface area (Å²) in [5.74, 6) is 0.262. The molecule has 0 saturated heterocycles. The number of fused-ring (bicyclic) bond motifs is 2. The molecule has 4 aromatic rings. The van der Waals surface area contributed by atoms with E-state index in [0.717, 1.165) is 15.2 Å². The SMILES string of the molecule is O=C(COc1ccc2ccccc2c1Br)Nc1ccc2nc[nH]c(=O)c2c1. The Hall–Kier alpha value is -3.19. The van der Waals surface area contributed by atoms with Crippen molar-refractivity contribution in [2.75, 3.05) is 11.9 Å². The van der Waals surface area contributed by atoms with Crippen LogP contribution in [-0.4, -0.2) is 22.5 Å². The molecule has 0 unspecified atom stereocenters. The summed E-state index contributed by atoms with van der Waals surface area (Å²) in [4.78, 5) is 30.7. The number of anilines is 1. The molecule has 0 aliphatic carbocycles. The lowest BCUT2D eigenvalue weighted by molar-refractivity contribution is -0.118. The van der Waals surface area contributed by atoms with E-state index in [0.29, 0.717) is 22.3 Å². The first-order valence-corrected chi connectivity index (χ1v) is 8.98. The van der Waals surface area contributed by atoms with Crippen molar-refractivity contribution in [3.8, 4) is 5.75 Å². The third-order valence-electron chi connectivity index (χ3n) is 4.11. The fraction of sp³-hybridized carbons (Fsp3) is 0.0500. The molecule has 3 aromatic carbocycles. The van der Waals surface area contributed by atoms with Gasteiger partial charge in [0.15, 0.2) is 6.61 Å². The highest BCUT2D eigenvalue weighted by atomic mass is 79.9. The number of aromatic amines is 1. The van der Waals surface area contributed by atoms with Gasteiger partial charge in [-0.1, -0.05) is 30.3 Å². The van der Waals surface area contributed by atoms with Crippen LogP contribution < -0.4 is 15.6 Å². The van der Waals surface area contributed by atoms with Gasteiger partial charge in [0.1, 0.15) is 5.75 Å². The smallest absolute Gasteiger partial charge is 0.262 e. The van der Waals surface area contributed by atoms with E-state index in [-0.39, 0.29) is 18.1 Å². The number of H-pyrrole nitrogens is 1. The predicted molar refractivity (Wildman–Crippen MR) is 108 cm³/mol. The lowest BCUT2D eigenvalue weighted by atomic mass is 10.1. The molecule has 2 N–H and O–H groups in total. The molecule has 1 aromatic heterocycles. The number of halogens is 1. The molecule has 0 bridgehead atoms. The molecule has 0 aliphatic heterocycles. The monoisotopic (exact) mass is 423 g/mol. The van der Waals surface area contributed by atoms with Crippen LogP contribution in [0.2, 0.25) is 0 Å². The highest BCUT2D eigenvalue weighted by Gasteiger charge is 2.10. The number of nitrogens with one attached hydrogen (secondary N) is 2. The van der Waals surface area contributed by atoms with Crippen molar-refractivity contribution in [3.05, 3.63) is 75.8 Å². The zero-order valence-corrected chi connectivity index (χ0v) is 15.6. The first kappa shape index (κ1) is 17.2. The molecule has 0 spiro atoms. The summed E-state index contributed by atoms with van der Waals surface area (Å²) in [6.07, 6.45) is 1.35. The molecule has 1 heterocycles. The zero-order chi connectivity index (χ0) is 18.8. The molecular formula is C20H14BrN3O3. The fourth-order valence-electron chi connectivity index (χ4n) is 2.81. The second-order valence-electron chi connectivity index (χ2n) is 5.90. The Kier molecular flexibility index (Phi) is 4.60. The van der Waals surface area contributed by atoms with E-state index in [1.807, 2.05) is 36.4 Å². The lowest BCUT2D eigenvalue weighted by Gasteiger charge is -2.11. The molecule has 6 nitrogen and oxygen atoms in total. The first-order chi connectivity index (χ1) is 13.1. The average Bonchev–Trinajstić information content (AvgIpc) is 2.68. The van der Waals surface area contributed by atoms with E-state index in [1.165, 1.54) is 6.33 Å². The second-order valence-corrected chi connectivity index (χ2v) is 6.69. The first-order valence-electron chi connectivity index (χ1n) is 8.19. The Balaban J connectivity index is 1.48. The Labute approximate surface area is 162 Å². The summed E-state index contributed by atoms with van der Waals surface area (Å²) in [5, 5.41) is 5.23. The van der Waals surface area contributed by atoms with Crippen LogP contribution in [0.5, 0.6) is 5.75 Å². The van der Waals surface area contributed by atoms with Gasteiger partial charge in [-0.2, -0.15) is 0 Å². The molecule has 0 fully saturated rings. The third kappa shape index (κ3) is 3.54. The Morgan fingerprint density at radius 1 is 1.11 bits per heavy atom. The average molecular weight is 424 g/mol. The van der Waals surface area contributed by atoms with E-state index < -0.39 is 0 Å². The maximum atomic E-state index is 12.2. The molecule has 0 atom stereocenters. The summed E-state index contributed by atoms with van der Waals surface area (Å²) in [7, 11) is 0.